The van der Waals surface area contributed by atoms with Crippen LogP contribution in [0.15, 0.2) is 18.2 Å². The average molecular weight is 359 g/mol. The second-order valence-corrected chi connectivity index (χ2v) is 5.87. The lowest BCUT2D eigenvalue weighted by Gasteiger charge is -2.07. The van der Waals surface area contributed by atoms with Crippen LogP contribution in [0.4, 0.5) is 0 Å². The van der Waals surface area contributed by atoms with Crippen molar-refractivity contribution < 1.29 is 29.0 Å². The Labute approximate surface area is 150 Å². The maximum Gasteiger partial charge on any atom is 0.342 e. The average Bonchev–Trinajstić information content (AvgIpc) is 2.87. The highest BCUT2D eigenvalue weighted by atomic mass is 16.5. The minimum Gasteiger partial charge on any atom is -0.507 e. The van der Waals surface area contributed by atoms with Gasteiger partial charge in [0.1, 0.15) is 11.3 Å². The first-order valence-electron chi connectivity index (χ1n) is 8.12. The van der Waals surface area contributed by atoms with E-state index < -0.39 is 24.3 Å². The third-order valence-corrected chi connectivity index (χ3v) is 3.90. The number of aromatic amines is 1. The molecule has 1 aromatic heterocycles. The lowest BCUT2D eigenvalue weighted by atomic mass is 10.1. The monoisotopic (exact) mass is 359 g/mol. The second kappa shape index (κ2) is 7.86. The molecule has 0 saturated heterocycles. The Bertz CT molecular complexity index is 865. The Kier molecular flexibility index (Phi) is 5.82. The SMILES string of the molecule is CCOC(=O)c1c(C)[nH]c(C(=O)COC(=O)c2ccc(C)cc2O)c1C. The first kappa shape index (κ1) is 19.2. The molecule has 0 saturated carbocycles. The molecule has 2 rings (SSSR count). The van der Waals surface area contributed by atoms with Crippen LogP contribution in [-0.4, -0.2) is 41.0 Å². The van der Waals surface area contributed by atoms with Crippen LogP contribution in [0.5, 0.6) is 5.75 Å². The van der Waals surface area contributed by atoms with Crippen molar-refractivity contribution in [2.75, 3.05) is 13.2 Å². The maximum atomic E-state index is 12.4. The predicted octanol–water partition coefficient (Wildman–Crippen LogP) is 2.86. The van der Waals surface area contributed by atoms with E-state index in [0.717, 1.165) is 5.56 Å². The minimum atomic E-state index is -0.803. The van der Waals surface area contributed by atoms with Gasteiger partial charge in [-0.3, -0.25) is 4.79 Å². The number of carbonyl (C=O) groups excluding carboxylic acids is 3. The summed E-state index contributed by atoms with van der Waals surface area (Å²) in [5.41, 5.74) is 2.21. The molecule has 0 unspecified atom stereocenters. The van der Waals surface area contributed by atoms with Gasteiger partial charge in [0.2, 0.25) is 5.78 Å². The van der Waals surface area contributed by atoms with E-state index in [4.69, 9.17) is 9.47 Å². The van der Waals surface area contributed by atoms with Gasteiger partial charge < -0.3 is 19.6 Å². The van der Waals surface area contributed by atoms with Crippen molar-refractivity contribution in [1.29, 1.82) is 0 Å². The number of esters is 2. The number of rotatable bonds is 6. The standard InChI is InChI=1S/C19H21NO6/c1-5-25-19(24)16-11(3)17(20-12(16)4)15(22)9-26-18(23)13-7-6-10(2)8-14(13)21/h6-8,20-21H,5,9H2,1-4H3. The van der Waals surface area contributed by atoms with Gasteiger partial charge in [-0.2, -0.15) is 0 Å². The van der Waals surface area contributed by atoms with Crippen molar-refractivity contribution in [3.8, 4) is 5.75 Å². The van der Waals surface area contributed by atoms with Gasteiger partial charge >= 0.3 is 11.9 Å². The summed E-state index contributed by atoms with van der Waals surface area (Å²) < 4.78 is 9.97. The van der Waals surface area contributed by atoms with E-state index in [1.54, 1.807) is 33.8 Å². The largest absolute Gasteiger partial charge is 0.507 e. The molecule has 0 fully saturated rings. The summed E-state index contributed by atoms with van der Waals surface area (Å²) >= 11 is 0. The van der Waals surface area contributed by atoms with Crippen molar-refractivity contribution in [3.05, 3.63) is 51.8 Å². The van der Waals surface area contributed by atoms with Crippen molar-refractivity contribution in [2.45, 2.75) is 27.7 Å². The number of ether oxygens (including phenoxy) is 2. The van der Waals surface area contributed by atoms with Crippen LogP contribution < -0.4 is 0 Å². The zero-order chi connectivity index (χ0) is 19.4. The number of H-pyrrole nitrogens is 1. The predicted molar refractivity (Wildman–Crippen MR) is 93.7 cm³/mol. The number of benzene rings is 1. The number of carbonyl (C=O) groups is 3. The van der Waals surface area contributed by atoms with Gasteiger partial charge in [0.05, 0.1) is 17.9 Å². The molecule has 138 valence electrons. The van der Waals surface area contributed by atoms with E-state index in [2.05, 4.69) is 4.98 Å². The molecule has 0 amide bonds. The molecule has 0 radical (unpaired) electrons. The zero-order valence-corrected chi connectivity index (χ0v) is 15.1. The Hall–Kier alpha value is -3.09. The molecule has 0 spiro atoms. The number of phenols is 1. The molecule has 1 aromatic carbocycles. The van der Waals surface area contributed by atoms with Gasteiger partial charge in [0, 0.05) is 5.69 Å². The molecule has 1 heterocycles. The number of aromatic nitrogens is 1. The molecule has 7 heteroatoms. The fraction of sp³-hybridized carbons (Fsp3) is 0.316. The van der Waals surface area contributed by atoms with Crippen LogP contribution >= 0.6 is 0 Å². The highest BCUT2D eigenvalue weighted by Crippen LogP contribution is 2.21. The Balaban J connectivity index is 2.12. The highest BCUT2D eigenvalue weighted by Gasteiger charge is 2.24. The lowest BCUT2D eigenvalue weighted by molar-refractivity contribution is 0.0469. The van der Waals surface area contributed by atoms with E-state index in [1.807, 2.05) is 0 Å². The minimum absolute atomic E-state index is 0.0185. The third kappa shape index (κ3) is 3.93. The van der Waals surface area contributed by atoms with Crippen molar-refractivity contribution in [2.24, 2.45) is 0 Å². The van der Waals surface area contributed by atoms with Gasteiger partial charge in [0.25, 0.3) is 0 Å². The summed E-state index contributed by atoms with van der Waals surface area (Å²) in [5, 5.41) is 9.80. The van der Waals surface area contributed by atoms with Gasteiger partial charge in [-0.1, -0.05) is 6.07 Å². The van der Waals surface area contributed by atoms with Gasteiger partial charge in [-0.25, -0.2) is 9.59 Å². The molecular formula is C19H21NO6. The van der Waals surface area contributed by atoms with E-state index in [0.29, 0.717) is 16.8 Å². The Morgan fingerprint density at radius 3 is 2.38 bits per heavy atom. The fourth-order valence-electron chi connectivity index (χ4n) is 2.63. The Morgan fingerprint density at radius 1 is 1.08 bits per heavy atom. The number of phenolic OH excluding ortho intramolecular Hbond substituents is 1. The van der Waals surface area contributed by atoms with E-state index in [-0.39, 0.29) is 23.6 Å². The molecule has 0 bridgehead atoms. The normalized spacial score (nSPS) is 10.5. The first-order valence-corrected chi connectivity index (χ1v) is 8.12. The number of Topliss-reactive ketones (excluding diaryl/α,β-unsaturated/α-hetero) is 1. The maximum absolute atomic E-state index is 12.4. The zero-order valence-electron chi connectivity index (χ0n) is 15.1. The number of aryl methyl sites for hydroxylation is 2. The molecule has 2 aromatic rings. The van der Waals surface area contributed by atoms with Gasteiger partial charge in [-0.05, 0) is 51.0 Å². The molecular weight excluding hydrogens is 338 g/mol. The first-order chi connectivity index (χ1) is 12.3. The smallest absolute Gasteiger partial charge is 0.342 e. The van der Waals surface area contributed by atoms with Crippen LogP contribution in [-0.2, 0) is 9.47 Å². The summed E-state index contributed by atoms with van der Waals surface area (Å²) in [5.74, 6) is -2.01. The number of hydrogen-bond donors (Lipinski definition) is 2. The molecule has 7 nitrogen and oxygen atoms in total. The van der Waals surface area contributed by atoms with E-state index >= 15 is 0 Å². The van der Waals surface area contributed by atoms with Crippen LogP contribution in [0.25, 0.3) is 0 Å². The van der Waals surface area contributed by atoms with Crippen LogP contribution in [0.1, 0.15) is 54.9 Å². The lowest BCUT2D eigenvalue weighted by Crippen LogP contribution is -2.16. The van der Waals surface area contributed by atoms with Crippen LogP contribution in [0, 0.1) is 20.8 Å². The van der Waals surface area contributed by atoms with Crippen molar-refractivity contribution >= 4 is 17.7 Å². The topological polar surface area (TPSA) is 106 Å². The van der Waals surface area contributed by atoms with E-state index in [1.165, 1.54) is 12.1 Å². The molecule has 2 N–H and O–H groups in total. The number of ketones is 1. The van der Waals surface area contributed by atoms with E-state index in [9.17, 15) is 19.5 Å². The van der Waals surface area contributed by atoms with Gasteiger partial charge in [-0.15, -0.1) is 0 Å². The van der Waals surface area contributed by atoms with Crippen LogP contribution in [0.2, 0.25) is 0 Å². The van der Waals surface area contributed by atoms with Crippen LogP contribution in [0.3, 0.4) is 0 Å². The quantitative estimate of drug-likeness (QED) is 0.607. The summed E-state index contributed by atoms with van der Waals surface area (Å²) in [6, 6.07) is 4.52. The molecule has 0 aliphatic carbocycles. The Morgan fingerprint density at radius 2 is 1.77 bits per heavy atom. The highest BCUT2D eigenvalue weighted by molar-refractivity contribution is 6.03. The molecule has 0 aliphatic rings. The number of nitrogens with one attached hydrogen (secondary N) is 1. The third-order valence-electron chi connectivity index (χ3n) is 3.90. The molecule has 0 aliphatic heterocycles. The summed E-state index contributed by atoms with van der Waals surface area (Å²) in [7, 11) is 0. The number of hydrogen-bond acceptors (Lipinski definition) is 6. The number of aromatic hydroxyl groups is 1. The second-order valence-electron chi connectivity index (χ2n) is 5.87. The van der Waals surface area contributed by atoms with Gasteiger partial charge in [0.15, 0.2) is 6.61 Å². The van der Waals surface area contributed by atoms with Crippen molar-refractivity contribution in [3.63, 3.8) is 0 Å². The molecule has 0 atom stereocenters. The summed E-state index contributed by atoms with van der Waals surface area (Å²) in [4.78, 5) is 39.2. The molecule has 26 heavy (non-hydrogen) atoms. The summed E-state index contributed by atoms with van der Waals surface area (Å²) in [6.07, 6.45) is 0. The van der Waals surface area contributed by atoms with Crippen molar-refractivity contribution in [1.82, 2.24) is 4.98 Å². The summed E-state index contributed by atoms with van der Waals surface area (Å²) in [6.45, 7) is 6.46. The fourth-order valence-corrected chi connectivity index (χ4v) is 2.63.